The van der Waals surface area contributed by atoms with Gasteiger partial charge in [0.25, 0.3) is 0 Å². The van der Waals surface area contributed by atoms with Gasteiger partial charge < -0.3 is 4.90 Å². The molecule has 0 bridgehead atoms. The molecule has 1 heterocycles. The van der Waals surface area contributed by atoms with E-state index in [-0.39, 0.29) is 0 Å². The van der Waals surface area contributed by atoms with Gasteiger partial charge in [-0.1, -0.05) is 0 Å². The van der Waals surface area contributed by atoms with Gasteiger partial charge in [0, 0.05) is 18.8 Å². The van der Waals surface area contributed by atoms with Crippen LogP contribution in [0.25, 0.3) is 0 Å². The number of nitriles is 1. The fraction of sp³-hybridized carbons (Fsp3) is 0.625. The summed E-state index contributed by atoms with van der Waals surface area (Å²) in [5, 5.41) is 9.42. The molecule has 3 nitrogen and oxygen atoms in total. The number of nitrogens with zero attached hydrogens (tertiary/aromatic N) is 3. The Labute approximate surface area is 115 Å². The quantitative estimate of drug-likeness (QED) is 0.811. The van der Waals surface area contributed by atoms with Crippen molar-refractivity contribution in [1.82, 2.24) is 4.98 Å². The third-order valence-corrected chi connectivity index (χ3v) is 4.11. The predicted molar refractivity (Wildman–Crippen MR) is 76.1 cm³/mol. The van der Waals surface area contributed by atoms with Gasteiger partial charge in [-0.2, -0.15) is 5.26 Å². The first-order chi connectivity index (χ1) is 9.17. The first-order valence-electron chi connectivity index (χ1n) is 7.30. The maximum atomic E-state index is 9.42. The Morgan fingerprint density at radius 2 is 1.79 bits per heavy atom. The van der Waals surface area contributed by atoms with Crippen LogP contribution in [-0.2, 0) is 0 Å². The molecule has 0 radical (unpaired) electrons. The van der Waals surface area contributed by atoms with E-state index in [1.54, 1.807) is 0 Å². The van der Waals surface area contributed by atoms with Crippen LogP contribution in [-0.4, -0.2) is 18.1 Å². The molecule has 2 fully saturated rings. The highest BCUT2D eigenvalue weighted by Gasteiger charge is 2.30. The largest absolute Gasteiger partial charge is 0.370 e. The minimum absolute atomic E-state index is 0.770. The normalized spacial score (nSPS) is 18.2. The van der Waals surface area contributed by atoms with Crippen LogP contribution in [0.5, 0.6) is 0 Å². The maximum Gasteiger partial charge on any atom is 0.103 e. The molecule has 2 aliphatic rings. The Bertz CT molecular complexity index is 508. The molecule has 1 aromatic rings. The van der Waals surface area contributed by atoms with Gasteiger partial charge in [-0.05, 0) is 57.4 Å². The van der Waals surface area contributed by atoms with Crippen LogP contribution in [0.4, 0.5) is 5.69 Å². The molecule has 3 rings (SSSR count). The van der Waals surface area contributed by atoms with Crippen molar-refractivity contribution >= 4 is 5.69 Å². The highest BCUT2D eigenvalue weighted by molar-refractivity contribution is 5.61. The van der Waals surface area contributed by atoms with Crippen molar-refractivity contribution in [3.63, 3.8) is 0 Å². The fourth-order valence-electron chi connectivity index (χ4n) is 2.69. The number of anilines is 1. The second-order valence-corrected chi connectivity index (χ2v) is 6.15. The Morgan fingerprint density at radius 3 is 2.26 bits per heavy atom. The lowest BCUT2D eigenvalue weighted by Crippen LogP contribution is -2.29. The third-order valence-electron chi connectivity index (χ3n) is 4.11. The zero-order valence-corrected chi connectivity index (χ0v) is 11.8. The smallest absolute Gasteiger partial charge is 0.103 e. The lowest BCUT2D eigenvalue weighted by atomic mass is 10.1. The average Bonchev–Trinajstić information content (AvgIpc) is 3.22. The Hall–Kier alpha value is -1.56. The van der Waals surface area contributed by atoms with Crippen LogP contribution < -0.4 is 4.90 Å². The summed E-state index contributed by atoms with van der Waals surface area (Å²) in [6.07, 6.45) is 5.41. The van der Waals surface area contributed by atoms with E-state index in [0.29, 0.717) is 0 Å². The van der Waals surface area contributed by atoms with E-state index in [2.05, 4.69) is 22.0 Å². The van der Waals surface area contributed by atoms with Gasteiger partial charge in [0.15, 0.2) is 0 Å². The van der Waals surface area contributed by atoms with Gasteiger partial charge in [0.1, 0.15) is 6.07 Å². The highest BCUT2D eigenvalue weighted by atomic mass is 15.1. The van der Waals surface area contributed by atoms with Crippen molar-refractivity contribution in [2.75, 3.05) is 18.0 Å². The van der Waals surface area contributed by atoms with Crippen LogP contribution in [0.2, 0.25) is 0 Å². The molecule has 100 valence electrons. The van der Waals surface area contributed by atoms with Gasteiger partial charge in [0.2, 0.25) is 0 Å². The standard InChI is InChI=1S/C16H21N3/c1-11-7-16(15(8-17)12(2)18-11)19(9-13-3-4-13)10-14-5-6-14/h7,13-14H,3-6,9-10H2,1-2H3. The van der Waals surface area contributed by atoms with E-state index < -0.39 is 0 Å². The molecule has 0 unspecified atom stereocenters. The van der Waals surface area contributed by atoms with Crippen molar-refractivity contribution in [2.24, 2.45) is 11.8 Å². The van der Waals surface area contributed by atoms with Crippen LogP contribution in [0.3, 0.4) is 0 Å². The van der Waals surface area contributed by atoms with Crippen molar-refractivity contribution in [3.8, 4) is 6.07 Å². The number of hydrogen-bond acceptors (Lipinski definition) is 3. The summed E-state index contributed by atoms with van der Waals surface area (Å²) < 4.78 is 0. The summed E-state index contributed by atoms with van der Waals surface area (Å²) in [5.41, 5.74) is 3.77. The maximum absolute atomic E-state index is 9.42. The van der Waals surface area contributed by atoms with E-state index in [4.69, 9.17) is 0 Å². The van der Waals surface area contributed by atoms with Gasteiger partial charge >= 0.3 is 0 Å². The van der Waals surface area contributed by atoms with Crippen LogP contribution >= 0.6 is 0 Å². The fourth-order valence-corrected chi connectivity index (χ4v) is 2.69. The Balaban J connectivity index is 1.92. The molecular formula is C16H21N3. The van der Waals surface area contributed by atoms with E-state index in [0.717, 1.165) is 47.6 Å². The van der Waals surface area contributed by atoms with Crippen molar-refractivity contribution in [3.05, 3.63) is 23.0 Å². The van der Waals surface area contributed by atoms with Crippen LogP contribution in [0, 0.1) is 37.0 Å². The topological polar surface area (TPSA) is 39.9 Å². The number of pyridine rings is 1. The van der Waals surface area contributed by atoms with Crippen molar-refractivity contribution in [2.45, 2.75) is 39.5 Å². The van der Waals surface area contributed by atoms with Crippen molar-refractivity contribution < 1.29 is 0 Å². The zero-order valence-electron chi connectivity index (χ0n) is 11.8. The van der Waals surface area contributed by atoms with Gasteiger partial charge in [-0.15, -0.1) is 0 Å². The molecule has 0 atom stereocenters. The summed E-state index contributed by atoms with van der Waals surface area (Å²) in [6, 6.07) is 4.45. The monoisotopic (exact) mass is 255 g/mol. The molecule has 0 spiro atoms. The number of hydrogen-bond donors (Lipinski definition) is 0. The molecule has 19 heavy (non-hydrogen) atoms. The molecule has 2 aliphatic carbocycles. The molecule has 0 amide bonds. The molecule has 0 aliphatic heterocycles. The number of aromatic nitrogens is 1. The summed E-state index contributed by atoms with van der Waals surface area (Å²) in [5.74, 6) is 1.69. The van der Waals surface area contributed by atoms with Gasteiger partial charge in [0.05, 0.1) is 16.9 Å². The number of rotatable bonds is 5. The minimum Gasteiger partial charge on any atom is -0.370 e. The number of aryl methyl sites for hydroxylation is 2. The van der Waals surface area contributed by atoms with Crippen LogP contribution in [0.1, 0.15) is 42.6 Å². The first kappa shape index (κ1) is 12.5. The van der Waals surface area contributed by atoms with Gasteiger partial charge in [-0.3, -0.25) is 4.98 Å². The van der Waals surface area contributed by atoms with Crippen molar-refractivity contribution in [1.29, 1.82) is 5.26 Å². The molecule has 0 aromatic carbocycles. The predicted octanol–water partition coefficient (Wildman–Crippen LogP) is 3.20. The SMILES string of the molecule is Cc1cc(N(CC2CC2)CC2CC2)c(C#N)c(C)n1. The second-order valence-electron chi connectivity index (χ2n) is 6.15. The molecular weight excluding hydrogens is 234 g/mol. The van der Waals surface area contributed by atoms with E-state index in [1.165, 1.54) is 25.7 Å². The first-order valence-corrected chi connectivity index (χ1v) is 7.30. The van der Waals surface area contributed by atoms with Crippen LogP contribution in [0.15, 0.2) is 6.07 Å². The molecule has 2 saturated carbocycles. The lowest BCUT2D eigenvalue weighted by molar-refractivity contribution is 0.677. The Morgan fingerprint density at radius 1 is 1.21 bits per heavy atom. The highest BCUT2D eigenvalue weighted by Crippen LogP contribution is 2.37. The third kappa shape index (κ3) is 2.89. The summed E-state index contributed by atoms with van der Waals surface area (Å²) in [4.78, 5) is 6.88. The summed E-state index contributed by atoms with van der Waals surface area (Å²) in [6.45, 7) is 6.20. The van der Waals surface area contributed by atoms with Gasteiger partial charge in [-0.25, -0.2) is 0 Å². The molecule has 3 heteroatoms. The zero-order chi connectivity index (χ0) is 13.4. The summed E-state index contributed by atoms with van der Waals surface area (Å²) >= 11 is 0. The summed E-state index contributed by atoms with van der Waals surface area (Å²) in [7, 11) is 0. The average molecular weight is 255 g/mol. The van der Waals surface area contributed by atoms with E-state index in [9.17, 15) is 5.26 Å². The van der Waals surface area contributed by atoms with E-state index >= 15 is 0 Å². The molecule has 1 aromatic heterocycles. The van der Waals surface area contributed by atoms with E-state index in [1.807, 2.05) is 13.8 Å². The molecule has 0 N–H and O–H groups in total. The lowest BCUT2D eigenvalue weighted by Gasteiger charge is -2.26. The Kier molecular flexibility index (Phi) is 3.18. The molecule has 0 saturated heterocycles. The second kappa shape index (κ2) is 4.85. The minimum atomic E-state index is 0.770.